The van der Waals surface area contributed by atoms with Crippen LogP contribution in [-0.2, 0) is 22.2 Å². The summed E-state index contributed by atoms with van der Waals surface area (Å²) in [5.41, 5.74) is -0.644. The molecule has 1 rings (SSSR count). The van der Waals surface area contributed by atoms with Crippen molar-refractivity contribution in [1.29, 1.82) is 0 Å². The number of carboxylic acid groups (broad SMARTS) is 1. The zero-order valence-electron chi connectivity index (χ0n) is 12.3. The molecule has 1 aromatic carbocycles. The van der Waals surface area contributed by atoms with Crippen molar-refractivity contribution in [1.82, 2.24) is 5.32 Å². The Balaban J connectivity index is 2.84. The highest BCUT2D eigenvalue weighted by Crippen LogP contribution is 2.29. The van der Waals surface area contributed by atoms with Crippen LogP contribution in [0.4, 0.5) is 13.2 Å². The van der Waals surface area contributed by atoms with E-state index in [1.807, 2.05) is 13.8 Å². The van der Waals surface area contributed by atoms with E-state index in [0.717, 1.165) is 12.1 Å². The fourth-order valence-electron chi connectivity index (χ4n) is 1.93. The summed E-state index contributed by atoms with van der Waals surface area (Å²) in [6.45, 7) is 3.62. The highest BCUT2D eigenvalue weighted by atomic mass is 19.4. The molecule has 122 valence electrons. The predicted molar refractivity (Wildman–Crippen MR) is 74.2 cm³/mol. The molecule has 0 unspecified atom stereocenters. The molecule has 0 saturated heterocycles. The van der Waals surface area contributed by atoms with Gasteiger partial charge < -0.3 is 10.4 Å². The third-order valence-corrected chi connectivity index (χ3v) is 2.92. The predicted octanol–water partition coefficient (Wildman–Crippen LogP) is 2.86. The average Bonchev–Trinajstić information content (AvgIpc) is 2.36. The van der Waals surface area contributed by atoms with Gasteiger partial charge in [-0.05, 0) is 17.5 Å². The number of aliphatic carboxylic acids is 1. The van der Waals surface area contributed by atoms with Gasteiger partial charge in [0.05, 0.1) is 5.56 Å². The van der Waals surface area contributed by atoms with E-state index in [2.05, 4.69) is 5.32 Å². The molecule has 0 aliphatic carbocycles. The van der Waals surface area contributed by atoms with Crippen LogP contribution in [-0.4, -0.2) is 23.0 Å². The first-order valence-corrected chi connectivity index (χ1v) is 6.78. The van der Waals surface area contributed by atoms with E-state index in [0.29, 0.717) is 0 Å². The van der Waals surface area contributed by atoms with Crippen LogP contribution in [0.3, 0.4) is 0 Å². The van der Waals surface area contributed by atoms with Crippen LogP contribution >= 0.6 is 0 Å². The molecule has 0 radical (unpaired) electrons. The number of alkyl halides is 3. The zero-order chi connectivity index (χ0) is 16.9. The van der Waals surface area contributed by atoms with E-state index in [9.17, 15) is 22.8 Å². The molecule has 0 aliphatic heterocycles. The summed E-state index contributed by atoms with van der Waals surface area (Å²) in [6.07, 6.45) is -4.54. The van der Waals surface area contributed by atoms with Crippen molar-refractivity contribution in [3.05, 3.63) is 35.4 Å². The molecule has 7 heteroatoms. The van der Waals surface area contributed by atoms with Gasteiger partial charge in [-0.3, -0.25) is 4.79 Å². The normalized spacial score (nSPS) is 13.0. The van der Waals surface area contributed by atoms with E-state index >= 15 is 0 Å². The van der Waals surface area contributed by atoms with E-state index in [1.54, 1.807) is 0 Å². The van der Waals surface area contributed by atoms with Crippen LogP contribution in [0.1, 0.15) is 31.4 Å². The monoisotopic (exact) mass is 317 g/mol. The van der Waals surface area contributed by atoms with Crippen molar-refractivity contribution in [3.8, 4) is 0 Å². The number of carbonyl (C=O) groups is 2. The van der Waals surface area contributed by atoms with E-state index in [1.165, 1.54) is 12.1 Å². The standard InChI is InChI=1S/C15H18F3NO3/c1-9(2)6-13(20)19-12(14(21)22)8-10-4-3-5-11(7-10)15(16,17)18/h3-5,7,9,12H,6,8H2,1-2H3,(H,19,20)(H,21,22)/t12-/m1/s1. The maximum atomic E-state index is 12.6. The second kappa shape index (κ2) is 7.29. The number of nitrogens with one attached hydrogen (secondary N) is 1. The van der Waals surface area contributed by atoms with Gasteiger partial charge >= 0.3 is 12.1 Å². The number of benzene rings is 1. The van der Waals surface area contributed by atoms with Gasteiger partial charge in [0.2, 0.25) is 5.91 Å². The number of rotatable bonds is 6. The van der Waals surface area contributed by atoms with Gasteiger partial charge in [-0.25, -0.2) is 4.79 Å². The summed E-state index contributed by atoms with van der Waals surface area (Å²) in [6, 6.07) is 3.17. The van der Waals surface area contributed by atoms with Gasteiger partial charge in [0.25, 0.3) is 0 Å². The summed E-state index contributed by atoms with van der Waals surface area (Å²) in [4.78, 5) is 22.8. The Morgan fingerprint density at radius 1 is 1.27 bits per heavy atom. The van der Waals surface area contributed by atoms with Crippen LogP contribution in [0.2, 0.25) is 0 Å². The van der Waals surface area contributed by atoms with Gasteiger partial charge in [-0.15, -0.1) is 0 Å². The minimum absolute atomic E-state index is 0.0583. The number of amides is 1. The molecule has 1 amide bonds. The topological polar surface area (TPSA) is 66.4 Å². The van der Waals surface area contributed by atoms with Gasteiger partial charge in [0.1, 0.15) is 6.04 Å². The van der Waals surface area contributed by atoms with Crippen LogP contribution in [0.5, 0.6) is 0 Å². The number of carbonyl (C=O) groups excluding carboxylic acids is 1. The Hall–Kier alpha value is -2.05. The first kappa shape index (κ1) is 18.0. The Bertz CT molecular complexity index is 541. The Morgan fingerprint density at radius 3 is 2.41 bits per heavy atom. The summed E-state index contributed by atoms with van der Waals surface area (Å²) in [5, 5.41) is 11.4. The highest BCUT2D eigenvalue weighted by molar-refractivity contribution is 5.83. The van der Waals surface area contributed by atoms with E-state index < -0.39 is 29.7 Å². The van der Waals surface area contributed by atoms with E-state index in [-0.39, 0.29) is 24.3 Å². The zero-order valence-corrected chi connectivity index (χ0v) is 12.3. The summed E-state index contributed by atoms with van der Waals surface area (Å²) >= 11 is 0. The Morgan fingerprint density at radius 2 is 1.91 bits per heavy atom. The quantitative estimate of drug-likeness (QED) is 0.848. The van der Waals surface area contributed by atoms with Gasteiger partial charge in [-0.2, -0.15) is 13.2 Å². The van der Waals surface area contributed by atoms with Gasteiger partial charge in [0, 0.05) is 12.8 Å². The number of hydrogen-bond donors (Lipinski definition) is 2. The highest BCUT2D eigenvalue weighted by Gasteiger charge is 2.31. The van der Waals surface area contributed by atoms with Gasteiger partial charge in [0.15, 0.2) is 0 Å². The lowest BCUT2D eigenvalue weighted by atomic mass is 10.0. The fraction of sp³-hybridized carbons (Fsp3) is 0.467. The van der Waals surface area contributed by atoms with Crippen molar-refractivity contribution >= 4 is 11.9 Å². The lowest BCUT2D eigenvalue weighted by Gasteiger charge is -2.16. The molecule has 0 heterocycles. The molecule has 22 heavy (non-hydrogen) atoms. The molecule has 0 fully saturated rings. The maximum absolute atomic E-state index is 12.6. The Labute approximate surface area is 126 Å². The minimum atomic E-state index is -4.49. The molecule has 2 N–H and O–H groups in total. The summed E-state index contributed by atoms with van der Waals surface area (Å²) < 4.78 is 37.9. The second-order valence-electron chi connectivity index (χ2n) is 5.46. The van der Waals surface area contributed by atoms with Crippen molar-refractivity contribution in [2.24, 2.45) is 5.92 Å². The van der Waals surface area contributed by atoms with Crippen molar-refractivity contribution in [2.45, 2.75) is 38.9 Å². The fourth-order valence-corrected chi connectivity index (χ4v) is 1.93. The molecular weight excluding hydrogens is 299 g/mol. The maximum Gasteiger partial charge on any atom is 0.416 e. The second-order valence-corrected chi connectivity index (χ2v) is 5.46. The molecular formula is C15H18F3NO3. The third-order valence-electron chi connectivity index (χ3n) is 2.92. The molecule has 4 nitrogen and oxygen atoms in total. The third kappa shape index (κ3) is 5.75. The van der Waals surface area contributed by atoms with Crippen LogP contribution in [0.15, 0.2) is 24.3 Å². The molecule has 0 saturated carbocycles. The van der Waals surface area contributed by atoms with Gasteiger partial charge in [-0.1, -0.05) is 32.0 Å². The summed E-state index contributed by atoms with van der Waals surface area (Å²) in [5.74, 6) is -1.66. The SMILES string of the molecule is CC(C)CC(=O)N[C@H](Cc1cccc(C(F)(F)F)c1)C(=O)O. The first-order valence-electron chi connectivity index (χ1n) is 6.78. The Kier molecular flexibility index (Phi) is 5.96. The molecule has 1 atom stereocenters. The molecule has 0 bridgehead atoms. The largest absolute Gasteiger partial charge is 0.480 e. The smallest absolute Gasteiger partial charge is 0.416 e. The average molecular weight is 317 g/mol. The first-order chi connectivity index (χ1) is 10.1. The minimum Gasteiger partial charge on any atom is -0.480 e. The van der Waals surface area contributed by atoms with Crippen molar-refractivity contribution in [2.75, 3.05) is 0 Å². The molecule has 0 aliphatic rings. The number of halogens is 3. The van der Waals surface area contributed by atoms with Crippen LogP contribution < -0.4 is 5.32 Å². The number of hydrogen-bond acceptors (Lipinski definition) is 2. The molecule has 1 aromatic rings. The summed E-state index contributed by atoms with van der Waals surface area (Å²) in [7, 11) is 0. The van der Waals surface area contributed by atoms with Crippen molar-refractivity contribution in [3.63, 3.8) is 0 Å². The molecule has 0 spiro atoms. The van der Waals surface area contributed by atoms with Crippen molar-refractivity contribution < 1.29 is 27.9 Å². The lowest BCUT2D eigenvalue weighted by molar-refractivity contribution is -0.141. The lowest BCUT2D eigenvalue weighted by Crippen LogP contribution is -2.42. The molecule has 0 aromatic heterocycles. The van der Waals surface area contributed by atoms with Crippen LogP contribution in [0, 0.1) is 5.92 Å². The van der Waals surface area contributed by atoms with E-state index in [4.69, 9.17) is 5.11 Å². The number of carboxylic acids is 1. The van der Waals surface area contributed by atoms with Crippen LogP contribution in [0.25, 0.3) is 0 Å².